The van der Waals surface area contributed by atoms with E-state index in [0.717, 1.165) is 24.4 Å². The zero-order valence-corrected chi connectivity index (χ0v) is 20.7. The highest BCUT2D eigenvalue weighted by atomic mass is 32.2. The normalized spacial score (nSPS) is 15.6. The lowest BCUT2D eigenvalue weighted by molar-refractivity contribution is 0.0162. The number of hydrogen-bond acceptors (Lipinski definition) is 7. The Balaban J connectivity index is 1.76. The topological polar surface area (TPSA) is 106 Å². The van der Waals surface area contributed by atoms with E-state index in [0.29, 0.717) is 30.9 Å². The summed E-state index contributed by atoms with van der Waals surface area (Å²) in [6.07, 6.45) is 0. The van der Waals surface area contributed by atoms with Gasteiger partial charge >= 0.3 is 0 Å². The van der Waals surface area contributed by atoms with Crippen LogP contribution in [0.3, 0.4) is 0 Å². The molecule has 1 fully saturated rings. The molecule has 1 unspecified atom stereocenters. The number of nitrogens with zero attached hydrogens (tertiary/aromatic N) is 1. The maximum atomic E-state index is 13.1. The largest absolute Gasteiger partial charge is 0.497 e. The fourth-order valence-electron chi connectivity index (χ4n) is 3.83. The third-order valence-electron chi connectivity index (χ3n) is 5.81. The zero-order valence-electron chi connectivity index (χ0n) is 19.9. The average molecular weight is 492 g/mol. The van der Waals surface area contributed by atoms with Crippen LogP contribution >= 0.6 is 0 Å². The first kappa shape index (κ1) is 26.1. The first-order valence-corrected chi connectivity index (χ1v) is 12.7. The molecule has 2 N–H and O–H groups in total. The van der Waals surface area contributed by atoms with Gasteiger partial charge in [-0.3, -0.25) is 9.69 Å². The number of ether oxygens (including phenoxy) is 3. The third-order valence-corrected chi connectivity index (χ3v) is 7.26. The van der Waals surface area contributed by atoms with E-state index in [2.05, 4.69) is 14.9 Å². The van der Waals surface area contributed by atoms with Crippen molar-refractivity contribution in [2.75, 3.05) is 60.2 Å². The molecular weight excluding hydrogens is 458 g/mol. The molecule has 0 aromatic heterocycles. The minimum atomic E-state index is -3.75. The summed E-state index contributed by atoms with van der Waals surface area (Å²) in [5, 5.41) is 3.01. The number of benzene rings is 2. The van der Waals surface area contributed by atoms with Crippen molar-refractivity contribution in [2.45, 2.75) is 17.9 Å². The van der Waals surface area contributed by atoms with E-state index >= 15 is 0 Å². The van der Waals surface area contributed by atoms with Crippen molar-refractivity contribution >= 4 is 15.9 Å². The van der Waals surface area contributed by atoms with Crippen molar-refractivity contribution in [1.29, 1.82) is 0 Å². The highest BCUT2D eigenvalue weighted by molar-refractivity contribution is 7.89. The van der Waals surface area contributed by atoms with Gasteiger partial charge in [0.2, 0.25) is 10.0 Å². The molecular formula is C24H33N3O6S. The highest BCUT2D eigenvalue weighted by Crippen LogP contribution is 2.24. The molecule has 2 aromatic carbocycles. The summed E-state index contributed by atoms with van der Waals surface area (Å²) < 4.78 is 43.3. The average Bonchev–Trinajstić information content (AvgIpc) is 2.85. The van der Waals surface area contributed by atoms with Gasteiger partial charge in [-0.05, 0) is 42.3 Å². The summed E-state index contributed by atoms with van der Waals surface area (Å²) in [6, 6.07) is 12.3. The second-order valence-corrected chi connectivity index (χ2v) is 9.78. The van der Waals surface area contributed by atoms with E-state index < -0.39 is 10.0 Å². The van der Waals surface area contributed by atoms with Crippen molar-refractivity contribution in [3.8, 4) is 5.75 Å². The molecule has 2 aromatic rings. The van der Waals surface area contributed by atoms with Crippen molar-refractivity contribution in [3.63, 3.8) is 0 Å². The molecule has 0 saturated carbocycles. The van der Waals surface area contributed by atoms with Crippen LogP contribution in [-0.4, -0.2) is 79.4 Å². The molecule has 1 amide bonds. The number of carbonyl (C=O) groups is 1. The fourth-order valence-corrected chi connectivity index (χ4v) is 4.87. The van der Waals surface area contributed by atoms with Gasteiger partial charge in [0.25, 0.3) is 5.91 Å². The second kappa shape index (κ2) is 12.3. The zero-order chi connectivity index (χ0) is 24.6. The lowest BCUT2D eigenvalue weighted by Gasteiger charge is -2.35. The van der Waals surface area contributed by atoms with Crippen molar-refractivity contribution in [3.05, 3.63) is 59.2 Å². The van der Waals surface area contributed by atoms with Gasteiger partial charge < -0.3 is 19.5 Å². The number of sulfonamides is 1. The monoisotopic (exact) mass is 491 g/mol. The van der Waals surface area contributed by atoms with Crippen molar-refractivity contribution < 1.29 is 27.4 Å². The van der Waals surface area contributed by atoms with E-state index in [1.54, 1.807) is 20.1 Å². The van der Waals surface area contributed by atoms with Crippen LogP contribution < -0.4 is 14.8 Å². The molecule has 0 radical (unpaired) electrons. The van der Waals surface area contributed by atoms with Crippen LogP contribution in [0.5, 0.6) is 5.75 Å². The Hall–Kier alpha value is -2.50. The van der Waals surface area contributed by atoms with Gasteiger partial charge in [0.1, 0.15) is 5.75 Å². The van der Waals surface area contributed by atoms with Gasteiger partial charge in [0.15, 0.2) is 0 Å². The van der Waals surface area contributed by atoms with E-state index in [4.69, 9.17) is 14.2 Å². The Labute approximate surface area is 201 Å². The maximum absolute atomic E-state index is 13.1. The van der Waals surface area contributed by atoms with Gasteiger partial charge in [-0.25, -0.2) is 13.1 Å². The van der Waals surface area contributed by atoms with Crippen LogP contribution in [0.15, 0.2) is 47.4 Å². The predicted molar refractivity (Wildman–Crippen MR) is 129 cm³/mol. The molecule has 0 bridgehead atoms. The van der Waals surface area contributed by atoms with Crippen LogP contribution in [0, 0.1) is 6.92 Å². The molecule has 1 aliphatic heterocycles. The van der Waals surface area contributed by atoms with Crippen LogP contribution in [0.25, 0.3) is 0 Å². The molecule has 1 atom stereocenters. The SMILES string of the molecule is COCCNS(=O)(=O)c1ccc(C)c(C(=O)NCC(c2ccc(OC)cc2)N2CCOCC2)c1. The number of hydrogen-bond donors (Lipinski definition) is 2. The van der Waals surface area contributed by atoms with Crippen LogP contribution in [0.2, 0.25) is 0 Å². The van der Waals surface area contributed by atoms with E-state index in [1.165, 1.54) is 19.2 Å². The van der Waals surface area contributed by atoms with Gasteiger partial charge in [0, 0.05) is 38.9 Å². The van der Waals surface area contributed by atoms with Gasteiger partial charge in [0.05, 0.1) is 37.9 Å². The summed E-state index contributed by atoms with van der Waals surface area (Å²) in [5.41, 5.74) is 2.07. The van der Waals surface area contributed by atoms with Crippen LogP contribution in [0.1, 0.15) is 27.5 Å². The number of rotatable bonds is 11. The van der Waals surface area contributed by atoms with Gasteiger partial charge in [-0.2, -0.15) is 0 Å². The van der Waals surface area contributed by atoms with Crippen molar-refractivity contribution in [2.24, 2.45) is 0 Å². The molecule has 3 rings (SSSR count). The molecule has 34 heavy (non-hydrogen) atoms. The summed E-state index contributed by atoms with van der Waals surface area (Å²) in [6.45, 7) is 5.34. The van der Waals surface area contributed by atoms with E-state index in [-0.39, 0.29) is 30.0 Å². The van der Waals surface area contributed by atoms with E-state index in [9.17, 15) is 13.2 Å². The highest BCUT2D eigenvalue weighted by Gasteiger charge is 2.24. The number of methoxy groups -OCH3 is 2. The molecule has 0 spiro atoms. The van der Waals surface area contributed by atoms with Crippen LogP contribution in [-0.2, 0) is 19.5 Å². The molecule has 186 valence electrons. The quantitative estimate of drug-likeness (QED) is 0.461. The van der Waals surface area contributed by atoms with Crippen LogP contribution in [0.4, 0.5) is 0 Å². The summed E-state index contributed by atoms with van der Waals surface area (Å²) in [7, 11) is -0.625. The molecule has 0 aliphatic carbocycles. The standard InChI is InChI=1S/C24H33N3O6S/c1-18-4-9-21(34(29,30)26-10-13-31-2)16-22(18)24(28)25-17-23(27-11-14-33-15-12-27)19-5-7-20(32-3)8-6-19/h4-9,16,23,26H,10-15,17H2,1-3H3,(H,25,28). The number of carbonyl (C=O) groups excluding carboxylic acids is 1. The Morgan fingerprint density at radius 2 is 1.82 bits per heavy atom. The second-order valence-electron chi connectivity index (χ2n) is 8.01. The van der Waals surface area contributed by atoms with Gasteiger partial charge in [-0.1, -0.05) is 18.2 Å². The Kier molecular flexibility index (Phi) is 9.43. The minimum absolute atomic E-state index is 0.0410. The molecule has 1 saturated heterocycles. The lowest BCUT2D eigenvalue weighted by atomic mass is 10.0. The van der Waals surface area contributed by atoms with E-state index in [1.807, 2.05) is 24.3 Å². The Morgan fingerprint density at radius 1 is 1.12 bits per heavy atom. The number of nitrogens with one attached hydrogen (secondary N) is 2. The number of amides is 1. The third kappa shape index (κ3) is 6.77. The predicted octanol–water partition coefficient (Wildman–Crippen LogP) is 1.73. The number of aryl methyl sites for hydroxylation is 1. The summed E-state index contributed by atoms with van der Waals surface area (Å²) in [5.74, 6) is 0.444. The Bertz CT molecular complexity index is 1050. The lowest BCUT2D eigenvalue weighted by Crippen LogP contribution is -2.43. The van der Waals surface area contributed by atoms with Crippen molar-refractivity contribution in [1.82, 2.24) is 14.9 Å². The molecule has 1 aliphatic rings. The summed E-state index contributed by atoms with van der Waals surface area (Å²) in [4.78, 5) is 15.4. The summed E-state index contributed by atoms with van der Waals surface area (Å²) >= 11 is 0. The number of morpholine rings is 1. The molecule has 1 heterocycles. The smallest absolute Gasteiger partial charge is 0.251 e. The molecule has 9 nitrogen and oxygen atoms in total. The fraction of sp³-hybridized carbons (Fsp3) is 0.458. The molecule has 10 heteroatoms. The maximum Gasteiger partial charge on any atom is 0.251 e. The minimum Gasteiger partial charge on any atom is -0.497 e. The first-order valence-electron chi connectivity index (χ1n) is 11.2. The van der Waals surface area contributed by atoms with Gasteiger partial charge in [-0.15, -0.1) is 0 Å². The first-order chi connectivity index (χ1) is 16.4. The Morgan fingerprint density at radius 3 is 2.47 bits per heavy atom.